The molecule has 0 aliphatic carbocycles. The standard InChI is InChI=1S/C26H26FN7O/c1-32(2)26-28-14-23(18-8-10-21(27)11-9-18)24(31-26)20-6-4-12-33(15-20)25(35)19-5-3-7-22(13-19)34-16-29-30-17-34/h3,5,7-11,13-14,16-17,20H,4,6,12,15H2,1-2H3/t20-/m0/s1. The van der Waals surface area contributed by atoms with Crippen molar-refractivity contribution in [3.63, 3.8) is 0 Å². The van der Waals surface area contributed by atoms with Crippen LogP contribution < -0.4 is 4.90 Å². The van der Waals surface area contributed by atoms with Gasteiger partial charge in [0.15, 0.2) is 0 Å². The van der Waals surface area contributed by atoms with E-state index in [1.807, 2.05) is 48.2 Å². The van der Waals surface area contributed by atoms with E-state index in [0.29, 0.717) is 24.6 Å². The molecule has 3 heterocycles. The maximum absolute atomic E-state index is 13.6. The van der Waals surface area contributed by atoms with Crippen LogP contribution in [0.1, 0.15) is 34.8 Å². The smallest absolute Gasteiger partial charge is 0.253 e. The molecule has 0 unspecified atom stereocenters. The molecule has 1 aliphatic heterocycles. The number of hydrogen-bond acceptors (Lipinski definition) is 6. The number of hydrogen-bond donors (Lipinski definition) is 0. The molecule has 1 fully saturated rings. The van der Waals surface area contributed by atoms with E-state index in [1.165, 1.54) is 12.1 Å². The molecule has 0 bridgehead atoms. The van der Waals surface area contributed by atoms with Crippen LogP contribution in [0.25, 0.3) is 16.8 Å². The molecule has 178 valence electrons. The van der Waals surface area contributed by atoms with E-state index < -0.39 is 0 Å². The maximum atomic E-state index is 13.6. The van der Waals surface area contributed by atoms with Crippen LogP contribution in [0.15, 0.2) is 67.4 Å². The maximum Gasteiger partial charge on any atom is 0.253 e. The van der Waals surface area contributed by atoms with Crippen LogP contribution in [-0.2, 0) is 0 Å². The van der Waals surface area contributed by atoms with Gasteiger partial charge in [-0.2, -0.15) is 0 Å². The van der Waals surface area contributed by atoms with Gasteiger partial charge < -0.3 is 9.80 Å². The van der Waals surface area contributed by atoms with Crippen molar-refractivity contribution in [1.82, 2.24) is 29.6 Å². The van der Waals surface area contributed by atoms with Gasteiger partial charge in [-0.1, -0.05) is 18.2 Å². The van der Waals surface area contributed by atoms with Gasteiger partial charge in [0.2, 0.25) is 5.95 Å². The quantitative estimate of drug-likeness (QED) is 0.439. The minimum Gasteiger partial charge on any atom is -0.347 e. The first kappa shape index (κ1) is 22.6. The zero-order chi connectivity index (χ0) is 24.4. The third kappa shape index (κ3) is 4.75. The number of benzene rings is 2. The Labute approximate surface area is 203 Å². The van der Waals surface area contributed by atoms with Gasteiger partial charge >= 0.3 is 0 Å². The summed E-state index contributed by atoms with van der Waals surface area (Å²) in [5.74, 6) is 0.338. The fourth-order valence-electron chi connectivity index (χ4n) is 4.46. The fraction of sp³-hybridized carbons (Fsp3) is 0.269. The van der Waals surface area contributed by atoms with Crippen molar-refractivity contribution in [1.29, 1.82) is 0 Å². The molecule has 0 N–H and O–H groups in total. The molecular weight excluding hydrogens is 445 g/mol. The van der Waals surface area contributed by atoms with Crippen LogP contribution in [-0.4, -0.2) is 62.7 Å². The number of carbonyl (C=O) groups excluding carboxylic acids is 1. The third-order valence-electron chi connectivity index (χ3n) is 6.27. The highest BCUT2D eigenvalue weighted by Gasteiger charge is 2.29. The highest BCUT2D eigenvalue weighted by atomic mass is 19.1. The van der Waals surface area contributed by atoms with E-state index in [1.54, 1.807) is 35.6 Å². The molecule has 1 saturated heterocycles. The van der Waals surface area contributed by atoms with E-state index in [2.05, 4.69) is 15.2 Å². The van der Waals surface area contributed by atoms with Gasteiger partial charge in [-0.05, 0) is 48.7 Å². The number of carbonyl (C=O) groups is 1. The Morgan fingerprint density at radius 2 is 1.86 bits per heavy atom. The number of halogens is 1. The monoisotopic (exact) mass is 471 g/mol. The summed E-state index contributed by atoms with van der Waals surface area (Å²) < 4.78 is 15.3. The molecule has 35 heavy (non-hydrogen) atoms. The highest BCUT2D eigenvalue weighted by Crippen LogP contribution is 2.34. The molecule has 8 nitrogen and oxygen atoms in total. The second-order valence-electron chi connectivity index (χ2n) is 8.88. The average molecular weight is 472 g/mol. The Kier molecular flexibility index (Phi) is 6.22. The molecule has 9 heteroatoms. The van der Waals surface area contributed by atoms with E-state index in [4.69, 9.17) is 4.98 Å². The first-order valence-corrected chi connectivity index (χ1v) is 11.5. The summed E-state index contributed by atoms with van der Waals surface area (Å²) in [5.41, 5.74) is 4.05. The number of nitrogens with zero attached hydrogens (tertiary/aromatic N) is 7. The summed E-state index contributed by atoms with van der Waals surface area (Å²) in [7, 11) is 3.80. The van der Waals surface area contributed by atoms with Gasteiger partial charge in [-0.25, -0.2) is 14.4 Å². The zero-order valence-electron chi connectivity index (χ0n) is 19.7. The van der Waals surface area contributed by atoms with Gasteiger partial charge in [0.05, 0.1) is 5.69 Å². The van der Waals surface area contributed by atoms with Crippen LogP contribution in [0.4, 0.5) is 10.3 Å². The fourth-order valence-corrected chi connectivity index (χ4v) is 4.46. The zero-order valence-corrected chi connectivity index (χ0v) is 19.7. The Balaban J connectivity index is 1.45. The average Bonchev–Trinajstić information content (AvgIpc) is 3.44. The predicted octanol–water partition coefficient (Wildman–Crippen LogP) is 3.95. The summed E-state index contributed by atoms with van der Waals surface area (Å²) in [4.78, 5) is 26.6. The normalized spacial score (nSPS) is 15.7. The minimum absolute atomic E-state index is 0.0187. The van der Waals surface area contributed by atoms with E-state index in [0.717, 1.165) is 35.3 Å². The SMILES string of the molecule is CN(C)c1ncc(-c2ccc(F)cc2)c([C@H]2CCCN(C(=O)c3cccc(-n4cnnc4)c3)C2)n1. The van der Waals surface area contributed by atoms with Crippen molar-refractivity contribution < 1.29 is 9.18 Å². The molecule has 5 rings (SSSR count). The second kappa shape index (κ2) is 9.61. The van der Waals surface area contributed by atoms with Crippen LogP contribution in [0, 0.1) is 5.82 Å². The lowest BCUT2D eigenvalue weighted by Crippen LogP contribution is -2.39. The minimum atomic E-state index is -0.288. The Hall–Kier alpha value is -4.14. The molecule has 1 amide bonds. The van der Waals surface area contributed by atoms with Gasteiger partial charge in [-0.15, -0.1) is 10.2 Å². The topological polar surface area (TPSA) is 80.0 Å². The summed E-state index contributed by atoms with van der Waals surface area (Å²) in [6.07, 6.45) is 6.78. The number of anilines is 1. The first-order chi connectivity index (χ1) is 17.0. The summed E-state index contributed by atoms with van der Waals surface area (Å²) >= 11 is 0. The first-order valence-electron chi connectivity index (χ1n) is 11.5. The summed E-state index contributed by atoms with van der Waals surface area (Å²) in [6.45, 7) is 1.23. The lowest BCUT2D eigenvalue weighted by molar-refractivity contribution is 0.0706. The molecule has 4 aromatic rings. The van der Waals surface area contributed by atoms with Gasteiger partial charge in [0.25, 0.3) is 5.91 Å². The largest absolute Gasteiger partial charge is 0.347 e. The predicted molar refractivity (Wildman–Crippen MR) is 131 cm³/mol. The van der Waals surface area contributed by atoms with E-state index >= 15 is 0 Å². The van der Waals surface area contributed by atoms with Crippen molar-refractivity contribution in [3.05, 3.63) is 84.5 Å². The highest BCUT2D eigenvalue weighted by molar-refractivity contribution is 5.95. The van der Waals surface area contributed by atoms with Crippen molar-refractivity contribution in [2.75, 3.05) is 32.1 Å². The molecular formula is C26H26FN7O. The van der Waals surface area contributed by atoms with Gasteiger partial charge in [-0.3, -0.25) is 9.36 Å². The number of aromatic nitrogens is 5. The number of rotatable bonds is 5. The summed E-state index contributed by atoms with van der Waals surface area (Å²) in [6, 6.07) is 13.8. The number of amides is 1. The van der Waals surface area contributed by atoms with Crippen LogP contribution in [0.2, 0.25) is 0 Å². The van der Waals surface area contributed by atoms with Crippen LogP contribution in [0.5, 0.6) is 0 Å². The molecule has 1 aliphatic rings. The van der Waals surface area contributed by atoms with Gasteiger partial charge in [0.1, 0.15) is 18.5 Å². The van der Waals surface area contributed by atoms with Crippen LogP contribution in [0.3, 0.4) is 0 Å². The van der Waals surface area contributed by atoms with Gasteiger partial charge in [0, 0.05) is 56.1 Å². The Bertz CT molecular complexity index is 1320. The summed E-state index contributed by atoms with van der Waals surface area (Å²) in [5, 5.41) is 7.69. The Morgan fingerprint density at radius 1 is 1.09 bits per heavy atom. The van der Waals surface area contributed by atoms with E-state index in [9.17, 15) is 9.18 Å². The molecule has 0 spiro atoms. The number of piperidine rings is 1. The van der Waals surface area contributed by atoms with E-state index in [-0.39, 0.29) is 17.6 Å². The molecule has 1 atom stereocenters. The number of likely N-dealkylation sites (tertiary alicyclic amines) is 1. The molecule has 2 aromatic carbocycles. The third-order valence-corrected chi connectivity index (χ3v) is 6.27. The lowest BCUT2D eigenvalue weighted by Gasteiger charge is -2.33. The Morgan fingerprint density at radius 3 is 2.60 bits per heavy atom. The van der Waals surface area contributed by atoms with Crippen molar-refractivity contribution in [2.45, 2.75) is 18.8 Å². The van der Waals surface area contributed by atoms with Crippen LogP contribution >= 0.6 is 0 Å². The molecule has 2 aromatic heterocycles. The molecule has 0 radical (unpaired) electrons. The van der Waals surface area contributed by atoms with Crippen molar-refractivity contribution in [3.8, 4) is 16.8 Å². The second-order valence-corrected chi connectivity index (χ2v) is 8.88. The van der Waals surface area contributed by atoms with Crippen molar-refractivity contribution in [2.24, 2.45) is 0 Å². The lowest BCUT2D eigenvalue weighted by atomic mass is 9.89. The van der Waals surface area contributed by atoms with Crippen molar-refractivity contribution >= 4 is 11.9 Å². The molecule has 0 saturated carbocycles.